The van der Waals surface area contributed by atoms with E-state index in [4.69, 9.17) is 4.74 Å². The highest BCUT2D eigenvalue weighted by atomic mass is 32.2. The Morgan fingerprint density at radius 2 is 1.62 bits per heavy atom. The van der Waals surface area contributed by atoms with Gasteiger partial charge in [0.1, 0.15) is 0 Å². The number of hydrogen-bond donors (Lipinski definition) is 0. The Morgan fingerprint density at radius 1 is 0.923 bits per heavy atom. The molecule has 2 unspecified atom stereocenters. The zero-order valence-corrected chi connectivity index (χ0v) is 15.7. The minimum atomic E-state index is -3.51. The van der Waals surface area contributed by atoms with Crippen molar-refractivity contribution < 1.29 is 13.2 Å². The first kappa shape index (κ1) is 17.7. The van der Waals surface area contributed by atoms with E-state index in [2.05, 4.69) is 6.07 Å². The normalized spacial score (nSPS) is 25.0. The molecule has 2 aliphatic rings. The molecule has 26 heavy (non-hydrogen) atoms. The van der Waals surface area contributed by atoms with Gasteiger partial charge >= 0.3 is 0 Å². The Morgan fingerprint density at radius 3 is 2.38 bits per heavy atom. The van der Waals surface area contributed by atoms with Crippen molar-refractivity contribution in [3.05, 3.63) is 71.3 Å². The third-order valence-electron chi connectivity index (χ3n) is 5.15. The SMILES string of the molecule is CC1CN(S(=O)(=O)N2CCc3ccccc3C2)CC(c2ccccc2)O1. The van der Waals surface area contributed by atoms with Gasteiger partial charge in [-0.2, -0.15) is 17.0 Å². The Hall–Kier alpha value is -1.73. The van der Waals surface area contributed by atoms with Crippen molar-refractivity contribution in [2.24, 2.45) is 0 Å². The Labute approximate surface area is 155 Å². The summed E-state index contributed by atoms with van der Waals surface area (Å²) in [5, 5.41) is 0. The van der Waals surface area contributed by atoms with Crippen LogP contribution in [0.5, 0.6) is 0 Å². The van der Waals surface area contributed by atoms with Crippen LogP contribution in [0.3, 0.4) is 0 Å². The third kappa shape index (κ3) is 3.42. The van der Waals surface area contributed by atoms with Crippen molar-refractivity contribution >= 4 is 10.2 Å². The van der Waals surface area contributed by atoms with Crippen molar-refractivity contribution in [3.63, 3.8) is 0 Å². The summed E-state index contributed by atoms with van der Waals surface area (Å²) in [6, 6.07) is 17.9. The van der Waals surface area contributed by atoms with E-state index in [0.29, 0.717) is 26.2 Å². The van der Waals surface area contributed by atoms with Crippen LogP contribution in [0.4, 0.5) is 0 Å². The van der Waals surface area contributed by atoms with E-state index in [9.17, 15) is 8.42 Å². The summed E-state index contributed by atoms with van der Waals surface area (Å²) in [4.78, 5) is 0. The smallest absolute Gasteiger partial charge is 0.282 e. The monoisotopic (exact) mass is 372 g/mol. The molecule has 1 fully saturated rings. The molecule has 4 rings (SSSR count). The quantitative estimate of drug-likeness (QED) is 0.832. The summed E-state index contributed by atoms with van der Waals surface area (Å²) in [5.41, 5.74) is 3.36. The average Bonchev–Trinajstić information content (AvgIpc) is 2.68. The highest BCUT2D eigenvalue weighted by molar-refractivity contribution is 7.86. The van der Waals surface area contributed by atoms with Crippen molar-refractivity contribution in [1.29, 1.82) is 0 Å². The standard InChI is InChI=1S/C20H24N2O3S/c1-16-13-22(15-20(25-16)18-8-3-2-4-9-18)26(23,24)21-12-11-17-7-5-6-10-19(17)14-21/h2-10,16,20H,11-15H2,1H3. The number of benzene rings is 2. The molecule has 138 valence electrons. The Balaban J connectivity index is 1.55. The fraction of sp³-hybridized carbons (Fsp3) is 0.400. The molecule has 0 bridgehead atoms. The molecule has 0 N–H and O–H groups in total. The molecule has 0 saturated carbocycles. The highest BCUT2D eigenvalue weighted by Crippen LogP contribution is 2.29. The van der Waals surface area contributed by atoms with Crippen LogP contribution >= 0.6 is 0 Å². The molecule has 6 heteroatoms. The van der Waals surface area contributed by atoms with Gasteiger partial charge in [0.25, 0.3) is 10.2 Å². The van der Waals surface area contributed by atoms with E-state index in [1.165, 1.54) is 5.56 Å². The topological polar surface area (TPSA) is 49.9 Å². The van der Waals surface area contributed by atoms with Gasteiger partial charge in [-0.15, -0.1) is 0 Å². The Bertz CT molecular complexity index is 870. The number of ether oxygens (including phenoxy) is 1. The fourth-order valence-electron chi connectivity index (χ4n) is 3.78. The van der Waals surface area contributed by atoms with E-state index >= 15 is 0 Å². The molecule has 0 aromatic heterocycles. The molecule has 1 saturated heterocycles. The van der Waals surface area contributed by atoms with Crippen LogP contribution in [0, 0.1) is 0 Å². The first-order valence-corrected chi connectivity index (χ1v) is 10.5. The second kappa shape index (κ2) is 7.12. The highest BCUT2D eigenvalue weighted by Gasteiger charge is 2.38. The molecule has 2 aliphatic heterocycles. The van der Waals surface area contributed by atoms with Gasteiger partial charge in [0.2, 0.25) is 0 Å². The van der Waals surface area contributed by atoms with E-state index < -0.39 is 10.2 Å². The summed E-state index contributed by atoms with van der Waals surface area (Å²) in [6.45, 7) is 3.66. The van der Waals surface area contributed by atoms with Gasteiger partial charge in [0, 0.05) is 26.2 Å². The van der Waals surface area contributed by atoms with Crippen LogP contribution in [0.2, 0.25) is 0 Å². The lowest BCUT2D eigenvalue weighted by Crippen LogP contribution is -2.52. The minimum absolute atomic E-state index is 0.138. The molecule has 2 heterocycles. The van der Waals surface area contributed by atoms with Gasteiger partial charge in [0.15, 0.2) is 0 Å². The van der Waals surface area contributed by atoms with Gasteiger partial charge in [-0.05, 0) is 30.0 Å². The van der Waals surface area contributed by atoms with Crippen molar-refractivity contribution in [2.45, 2.75) is 32.1 Å². The molecule has 5 nitrogen and oxygen atoms in total. The molecule has 0 radical (unpaired) electrons. The minimum Gasteiger partial charge on any atom is -0.368 e. The largest absolute Gasteiger partial charge is 0.368 e. The van der Waals surface area contributed by atoms with Crippen LogP contribution in [0.1, 0.15) is 29.7 Å². The number of morpholine rings is 1. The molecule has 0 spiro atoms. The van der Waals surface area contributed by atoms with Gasteiger partial charge in [-0.1, -0.05) is 54.6 Å². The van der Waals surface area contributed by atoms with Gasteiger partial charge in [0.05, 0.1) is 12.2 Å². The second-order valence-electron chi connectivity index (χ2n) is 7.02. The summed E-state index contributed by atoms with van der Waals surface area (Å²) in [5.74, 6) is 0. The first-order chi connectivity index (χ1) is 12.5. The average molecular weight is 372 g/mol. The van der Waals surface area contributed by atoms with Crippen LogP contribution in [0.15, 0.2) is 54.6 Å². The predicted octanol–water partition coefficient (Wildman–Crippen LogP) is 2.75. The lowest BCUT2D eigenvalue weighted by atomic mass is 10.0. The lowest BCUT2D eigenvalue weighted by Gasteiger charge is -2.39. The summed E-state index contributed by atoms with van der Waals surface area (Å²) in [6.07, 6.45) is 0.393. The number of fused-ring (bicyclic) bond motifs is 1. The maximum atomic E-state index is 13.3. The maximum absolute atomic E-state index is 13.3. The van der Waals surface area contributed by atoms with Crippen LogP contribution in [0.25, 0.3) is 0 Å². The maximum Gasteiger partial charge on any atom is 0.282 e. The molecule has 0 aliphatic carbocycles. The van der Waals surface area contributed by atoms with E-state index in [0.717, 1.165) is 17.5 Å². The zero-order chi connectivity index (χ0) is 18.1. The molecule has 0 amide bonds. The van der Waals surface area contributed by atoms with Crippen LogP contribution in [-0.2, 0) is 27.9 Å². The van der Waals surface area contributed by atoms with Crippen LogP contribution < -0.4 is 0 Å². The number of rotatable bonds is 3. The van der Waals surface area contributed by atoms with Crippen LogP contribution in [-0.4, -0.2) is 42.8 Å². The molecule has 2 aromatic rings. The third-order valence-corrected chi connectivity index (χ3v) is 7.06. The molecular weight excluding hydrogens is 348 g/mol. The summed E-state index contributed by atoms with van der Waals surface area (Å²) >= 11 is 0. The summed E-state index contributed by atoms with van der Waals surface area (Å²) in [7, 11) is -3.51. The fourth-order valence-corrected chi connectivity index (χ4v) is 5.46. The summed E-state index contributed by atoms with van der Waals surface area (Å²) < 4.78 is 35.8. The van der Waals surface area contributed by atoms with E-state index in [1.807, 2.05) is 55.5 Å². The predicted molar refractivity (Wildman–Crippen MR) is 101 cm³/mol. The molecule has 2 aromatic carbocycles. The van der Waals surface area contributed by atoms with E-state index in [1.54, 1.807) is 8.61 Å². The molecule has 2 atom stereocenters. The number of nitrogens with zero attached hydrogens (tertiary/aromatic N) is 2. The first-order valence-electron chi connectivity index (χ1n) is 9.06. The van der Waals surface area contributed by atoms with Crippen molar-refractivity contribution in [1.82, 2.24) is 8.61 Å². The van der Waals surface area contributed by atoms with Crippen molar-refractivity contribution in [2.75, 3.05) is 19.6 Å². The van der Waals surface area contributed by atoms with Gasteiger partial charge < -0.3 is 4.74 Å². The van der Waals surface area contributed by atoms with Crippen molar-refractivity contribution in [3.8, 4) is 0 Å². The van der Waals surface area contributed by atoms with E-state index in [-0.39, 0.29) is 12.2 Å². The van der Waals surface area contributed by atoms with Gasteiger partial charge in [-0.3, -0.25) is 0 Å². The molecular formula is C20H24N2O3S. The van der Waals surface area contributed by atoms with Gasteiger partial charge in [-0.25, -0.2) is 0 Å². The zero-order valence-electron chi connectivity index (χ0n) is 14.9. The number of hydrogen-bond acceptors (Lipinski definition) is 3. The second-order valence-corrected chi connectivity index (χ2v) is 8.95. The lowest BCUT2D eigenvalue weighted by molar-refractivity contribution is -0.0571. The Kier molecular flexibility index (Phi) is 4.84.